The Hall–Kier alpha value is -2.77. The lowest BCUT2D eigenvalue weighted by molar-refractivity contribution is -0.145. The van der Waals surface area contributed by atoms with Crippen molar-refractivity contribution in [1.29, 1.82) is 0 Å². The summed E-state index contributed by atoms with van der Waals surface area (Å²) in [5.41, 5.74) is 0.354. The number of ether oxygens (including phenoxy) is 1. The Morgan fingerprint density at radius 1 is 1.36 bits per heavy atom. The number of nitrogens with zero attached hydrogens (tertiary/aromatic N) is 1. The molecule has 1 aromatic heterocycles. The van der Waals surface area contributed by atoms with Crippen LogP contribution < -0.4 is 5.32 Å². The molecular formula is C14H13F2N3O3. The molecule has 0 aliphatic carbocycles. The van der Waals surface area contributed by atoms with E-state index in [1.54, 1.807) is 6.07 Å². The average molecular weight is 309 g/mol. The second kappa shape index (κ2) is 6.79. The van der Waals surface area contributed by atoms with E-state index in [2.05, 4.69) is 20.3 Å². The fourth-order valence-electron chi connectivity index (χ4n) is 1.89. The van der Waals surface area contributed by atoms with Crippen molar-refractivity contribution >= 4 is 11.9 Å². The Bertz CT molecular complexity index is 674. The average Bonchev–Trinajstić information content (AvgIpc) is 2.97. The molecule has 0 unspecified atom stereocenters. The number of benzene rings is 1. The lowest BCUT2D eigenvalue weighted by Crippen LogP contribution is -2.36. The summed E-state index contributed by atoms with van der Waals surface area (Å²) in [5, 5.41) is 8.64. The fraction of sp³-hybridized carbons (Fsp3) is 0.214. The minimum atomic E-state index is -1.36. The summed E-state index contributed by atoms with van der Waals surface area (Å²) in [6.45, 7) is 0. The molecule has 1 amide bonds. The molecule has 0 aliphatic rings. The number of H-pyrrole nitrogens is 1. The van der Waals surface area contributed by atoms with Crippen LogP contribution in [0, 0.1) is 11.6 Å². The Morgan fingerprint density at radius 2 is 2.14 bits per heavy atom. The Balaban J connectivity index is 2.19. The van der Waals surface area contributed by atoms with E-state index in [1.807, 2.05) is 0 Å². The molecule has 1 heterocycles. The maximum Gasteiger partial charge on any atom is 0.333 e. The van der Waals surface area contributed by atoms with E-state index in [1.165, 1.54) is 6.20 Å². The molecule has 2 aromatic rings. The predicted molar refractivity (Wildman–Crippen MR) is 71.5 cm³/mol. The summed E-state index contributed by atoms with van der Waals surface area (Å²) in [4.78, 5) is 23.7. The van der Waals surface area contributed by atoms with Crippen LogP contribution in [0.2, 0.25) is 0 Å². The highest BCUT2D eigenvalue weighted by atomic mass is 19.1. The molecule has 0 fully saturated rings. The first kappa shape index (κ1) is 15.6. The number of aromatic amines is 1. The topological polar surface area (TPSA) is 84.1 Å². The third-order valence-electron chi connectivity index (χ3n) is 2.93. The van der Waals surface area contributed by atoms with Gasteiger partial charge in [0.1, 0.15) is 11.6 Å². The summed E-state index contributed by atoms with van der Waals surface area (Å²) in [6, 6.07) is 2.94. The van der Waals surface area contributed by atoms with Gasteiger partial charge >= 0.3 is 5.97 Å². The van der Waals surface area contributed by atoms with E-state index in [9.17, 15) is 18.4 Å². The first-order valence-corrected chi connectivity index (χ1v) is 6.31. The van der Waals surface area contributed by atoms with Gasteiger partial charge in [-0.1, -0.05) is 6.07 Å². The van der Waals surface area contributed by atoms with Crippen LogP contribution >= 0.6 is 0 Å². The van der Waals surface area contributed by atoms with Crippen LogP contribution in [0.5, 0.6) is 0 Å². The van der Waals surface area contributed by atoms with Crippen LogP contribution in [0.1, 0.15) is 17.3 Å². The van der Waals surface area contributed by atoms with Crippen molar-refractivity contribution in [2.45, 2.75) is 12.5 Å². The van der Waals surface area contributed by atoms with Crippen molar-refractivity contribution in [3.05, 3.63) is 53.4 Å². The van der Waals surface area contributed by atoms with E-state index in [0.717, 1.165) is 19.2 Å². The Kier molecular flexibility index (Phi) is 4.82. The quantitative estimate of drug-likeness (QED) is 0.815. The van der Waals surface area contributed by atoms with Crippen molar-refractivity contribution in [2.75, 3.05) is 7.11 Å². The number of halogens is 2. The number of hydrogen-bond acceptors (Lipinski definition) is 4. The van der Waals surface area contributed by atoms with Crippen molar-refractivity contribution in [1.82, 2.24) is 15.5 Å². The lowest BCUT2D eigenvalue weighted by atomic mass is 10.1. The minimum Gasteiger partial charge on any atom is -0.467 e. The van der Waals surface area contributed by atoms with Gasteiger partial charge in [0, 0.05) is 23.5 Å². The molecule has 0 radical (unpaired) electrons. The standard InChI is InChI=1S/C14H13F2N3O3/c1-22-14(21)13(10-3-2-8(15)6-11(10)16)18-12(20)7-9-4-5-17-19-9/h2-6,13H,7H2,1H3,(H,17,19)(H,18,20)/t13-/m1/s1. The molecule has 8 heteroatoms. The maximum atomic E-state index is 13.8. The van der Waals surface area contributed by atoms with Crippen LogP contribution in [0.15, 0.2) is 30.5 Å². The maximum absolute atomic E-state index is 13.8. The Labute approximate surface area is 124 Å². The van der Waals surface area contributed by atoms with Crippen molar-refractivity contribution in [3.8, 4) is 0 Å². The van der Waals surface area contributed by atoms with Gasteiger partial charge in [0.15, 0.2) is 6.04 Å². The number of esters is 1. The highest BCUT2D eigenvalue weighted by molar-refractivity contribution is 5.86. The van der Waals surface area contributed by atoms with Gasteiger partial charge in [0.05, 0.1) is 13.5 Å². The molecule has 1 atom stereocenters. The van der Waals surface area contributed by atoms with Gasteiger partial charge in [-0.2, -0.15) is 5.10 Å². The van der Waals surface area contributed by atoms with Gasteiger partial charge < -0.3 is 10.1 Å². The van der Waals surface area contributed by atoms with E-state index in [4.69, 9.17) is 0 Å². The first-order chi connectivity index (χ1) is 10.5. The summed E-state index contributed by atoms with van der Waals surface area (Å²) < 4.78 is 31.3. The molecule has 6 nitrogen and oxygen atoms in total. The molecule has 2 N–H and O–H groups in total. The molecule has 22 heavy (non-hydrogen) atoms. The summed E-state index contributed by atoms with van der Waals surface area (Å²) in [7, 11) is 1.11. The number of methoxy groups -OCH3 is 1. The Morgan fingerprint density at radius 3 is 2.73 bits per heavy atom. The first-order valence-electron chi connectivity index (χ1n) is 6.31. The monoisotopic (exact) mass is 309 g/mol. The second-order valence-corrected chi connectivity index (χ2v) is 4.45. The van der Waals surface area contributed by atoms with E-state index in [-0.39, 0.29) is 12.0 Å². The smallest absolute Gasteiger partial charge is 0.333 e. The molecular weight excluding hydrogens is 296 g/mol. The second-order valence-electron chi connectivity index (χ2n) is 4.45. The number of amides is 1. The van der Waals surface area contributed by atoms with E-state index < -0.39 is 29.6 Å². The molecule has 0 bridgehead atoms. The van der Waals surface area contributed by atoms with Crippen molar-refractivity contribution in [2.24, 2.45) is 0 Å². The summed E-state index contributed by atoms with van der Waals surface area (Å²) in [5.74, 6) is -3.13. The van der Waals surface area contributed by atoms with Crippen LogP contribution in [-0.4, -0.2) is 29.2 Å². The predicted octanol–water partition coefficient (Wildman–Crippen LogP) is 1.26. The molecule has 0 saturated heterocycles. The molecule has 116 valence electrons. The number of carbonyl (C=O) groups is 2. The number of rotatable bonds is 5. The summed E-state index contributed by atoms with van der Waals surface area (Å²) in [6.07, 6.45) is 1.40. The van der Waals surface area contributed by atoms with Crippen LogP contribution in [0.25, 0.3) is 0 Å². The zero-order valence-corrected chi connectivity index (χ0v) is 11.6. The highest BCUT2D eigenvalue weighted by Gasteiger charge is 2.26. The zero-order chi connectivity index (χ0) is 16.1. The van der Waals surface area contributed by atoms with Crippen LogP contribution in [0.3, 0.4) is 0 Å². The molecule has 0 saturated carbocycles. The molecule has 1 aromatic carbocycles. The zero-order valence-electron chi connectivity index (χ0n) is 11.6. The minimum absolute atomic E-state index is 0.0731. The van der Waals surface area contributed by atoms with Crippen molar-refractivity contribution < 1.29 is 23.1 Å². The molecule has 2 rings (SSSR count). The largest absolute Gasteiger partial charge is 0.467 e. The third-order valence-corrected chi connectivity index (χ3v) is 2.93. The van der Waals surface area contributed by atoms with Gasteiger partial charge in [-0.05, 0) is 12.1 Å². The molecule has 0 spiro atoms. The lowest BCUT2D eigenvalue weighted by Gasteiger charge is -2.17. The SMILES string of the molecule is COC(=O)[C@H](NC(=O)Cc1ccn[nH]1)c1ccc(F)cc1F. The third kappa shape index (κ3) is 3.66. The fourth-order valence-corrected chi connectivity index (χ4v) is 1.89. The number of hydrogen-bond donors (Lipinski definition) is 2. The van der Waals surface area contributed by atoms with E-state index >= 15 is 0 Å². The number of aromatic nitrogens is 2. The van der Waals surface area contributed by atoms with Crippen molar-refractivity contribution in [3.63, 3.8) is 0 Å². The highest BCUT2D eigenvalue weighted by Crippen LogP contribution is 2.19. The normalized spacial score (nSPS) is 11.8. The number of nitrogens with one attached hydrogen (secondary N) is 2. The number of carbonyl (C=O) groups excluding carboxylic acids is 2. The van der Waals surface area contributed by atoms with Gasteiger partial charge in [-0.25, -0.2) is 13.6 Å². The van der Waals surface area contributed by atoms with Crippen LogP contribution in [-0.2, 0) is 20.7 Å². The van der Waals surface area contributed by atoms with Gasteiger partial charge in [-0.15, -0.1) is 0 Å². The van der Waals surface area contributed by atoms with Gasteiger partial charge in [-0.3, -0.25) is 9.89 Å². The van der Waals surface area contributed by atoms with Gasteiger partial charge in [0.25, 0.3) is 0 Å². The summed E-state index contributed by atoms with van der Waals surface area (Å²) >= 11 is 0. The van der Waals surface area contributed by atoms with E-state index in [0.29, 0.717) is 11.8 Å². The van der Waals surface area contributed by atoms with Crippen LogP contribution in [0.4, 0.5) is 8.78 Å². The van der Waals surface area contributed by atoms with Gasteiger partial charge in [0.2, 0.25) is 5.91 Å². The molecule has 0 aliphatic heterocycles.